The van der Waals surface area contributed by atoms with Crippen LogP contribution in [0.25, 0.3) is 0 Å². The van der Waals surface area contributed by atoms with Crippen molar-refractivity contribution < 1.29 is 22.8 Å². The third kappa shape index (κ3) is 3.55. The number of imide groups is 1. The predicted molar refractivity (Wildman–Crippen MR) is 75.9 cm³/mol. The van der Waals surface area contributed by atoms with E-state index in [0.717, 1.165) is 12.4 Å². The van der Waals surface area contributed by atoms with E-state index in [1.165, 1.54) is 0 Å². The third-order valence-corrected chi connectivity index (χ3v) is 3.95. The Morgan fingerprint density at radius 3 is 2.46 bits per heavy atom. The van der Waals surface area contributed by atoms with Gasteiger partial charge in [-0.15, -0.1) is 0 Å². The number of nitrogens with zero attached hydrogens (tertiary/aromatic N) is 4. The van der Waals surface area contributed by atoms with Crippen molar-refractivity contribution in [3.05, 3.63) is 18.1 Å². The summed E-state index contributed by atoms with van der Waals surface area (Å²) in [6.07, 6.45) is -3.86. The highest BCUT2D eigenvalue weighted by Crippen LogP contribution is 2.29. The Balaban J connectivity index is 1.63. The third-order valence-electron chi connectivity index (χ3n) is 3.95. The van der Waals surface area contributed by atoms with E-state index in [-0.39, 0.29) is 18.1 Å². The molecule has 2 aliphatic rings. The van der Waals surface area contributed by atoms with Crippen LogP contribution in [0.15, 0.2) is 12.4 Å². The molecule has 2 saturated heterocycles. The number of amides is 3. The lowest BCUT2D eigenvalue weighted by Crippen LogP contribution is -2.62. The summed E-state index contributed by atoms with van der Waals surface area (Å²) < 4.78 is 38.2. The number of rotatable bonds is 2. The summed E-state index contributed by atoms with van der Waals surface area (Å²) in [5, 5.41) is 4.82. The molecule has 11 heteroatoms. The Morgan fingerprint density at radius 2 is 1.83 bits per heavy atom. The topological polar surface area (TPSA) is 90.5 Å². The molecule has 2 N–H and O–H groups in total. The summed E-state index contributed by atoms with van der Waals surface area (Å²) >= 11 is 0. The summed E-state index contributed by atoms with van der Waals surface area (Å²) in [4.78, 5) is 33.5. The fraction of sp³-hybridized carbons (Fsp3) is 0.538. The van der Waals surface area contributed by atoms with Crippen LogP contribution in [0, 0.1) is 0 Å². The number of piperazine rings is 1. The summed E-state index contributed by atoms with van der Waals surface area (Å²) in [6.45, 7) is 1.85. The van der Waals surface area contributed by atoms with Crippen molar-refractivity contribution in [3.8, 4) is 0 Å². The van der Waals surface area contributed by atoms with E-state index < -0.39 is 24.1 Å². The molecule has 24 heavy (non-hydrogen) atoms. The maximum Gasteiger partial charge on any atom is 0.433 e. The Hall–Kier alpha value is -2.43. The fourth-order valence-electron chi connectivity index (χ4n) is 2.75. The molecule has 1 atom stereocenters. The highest BCUT2D eigenvalue weighted by Gasteiger charge is 2.34. The molecule has 0 bridgehead atoms. The van der Waals surface area contributed by atoms with E-state index in [1.807, 2.05) is 4.90 Å². The number of anilines is 1. The average Bonchev–Trinajstić information content (AvgIpc) is 2.53. The first-order valence-corrected chi connectivity index (χ1v) is 7.31. The Bertz CT molecular complexity index is 629. The first-order valence-electron chi connectivity index (χ1n) is 7.31. The van der Waals surface area contributed by atoms with E-state index in [9.17, 15) is 22.8 Å². The second-order valence-electron chi connectivity index (χ2n) is 5.52. The fourth-order valence-corrected chi connectivity index (χ4v) is 2.75. The molecule has 0 radical (unpaired) electrons. The summed E-state index contributed by atoms with van der Waals surface area (Å²) in [5.74, 6) is -0.140. The largest absolute Gasteiger partial charge is 0.433 e. The number of hydrogen-bond acceptors (Lipinski definition) is 6. The lowest BCUT2D eigenvalue weighted by atomic mass is 10.2. The molecule has 0 aromatic carbocycles. The second-order valence-corrected chi connectivity index (χ2v) is 5.52. The van der Waals surface area contributed by atoms with Gasteiger partial charge in [-0.1, -0.05) is 0 Å². The lowest BCUT2D eigenvalue weighted by molar-refractivity contribution is -0.141. The van der Waals surface area contributed by atoms with Crippen LogP contribution < -0.4 is 15.5 Å². The van der Waals surface area contributed by atoms with Crippen LogP contribution in [0.1, 0.15) is 12.1 Å². The van der Waals surface area contributed by atoms with E-state index in [0.29, 0.717) is 26.2 Å². The molecular formula is C13H15F3N6O2. The predicted octanol–water partition coefficient (Wildman–Crippen LogP) is 0.173. The number of carbonyl (C=O) groups excluding carboxylic acids is 2. The molecule has 0 spiro atoms. The van der Waals surface area contributed by atoms with Gasteiger partial charge in [0.2, 0.25) is 5.91 Å². The number of hydrogen-bond donors (Lipinski definition) is 2. The molecule has 2 aliphatic heterocycles. The molecule has 0 aliphatic carbocycles. The second kappa shape index (κ2) is 6.23. The SMILES string of the molecule is O=C1CC(N2CCN(c3cc(C(F)(F)F)ncn3)CC2)NC(=O)N1. The number of nitrogens with one attached hydrogen (secondary N) is 2. The quantitative estimate of drug-likeness (QED) is 0.795. The van der Waals surface area contributed by atoms with Gasteiger partial charge in [-0.2, -0.15) is 13.2 Å². The minimum atomic E-state index is -4.51. The maximum atomic E-state index is 12.7. The molecule has 0 saturated carbocycles. The van der Waals surface area contributed by atoms with Crippen molar-refractivity contribution >= 4 is 17.8 Å². The van der Waals surface area contributed by atoms with Crippen LogP contribution in [0.4, 0.5) is 23.8 Å². The average molecular weight is 344 g/mol. The first kappa shape index (κ1) is 16.4. The van der Waals surface area contributed by atoms with Gasteiger partial charge >= 0.3 is 12.2 Å². The normalized spacial score (nSPS) is 23.0. The molecule has 2 fully saturated rings. The van der Waals surface area contributed by atoms with Gasteiger partial charge in [0.15, 0.2) is 0 Å². The van der Waals surface area contributed by atoms with E-state index in [4.69, 9.17) is 0 Å². The number of halogens is 3. The van der Waals surface area contributed by atoms with Gasteiger partial charge in [0.05, 0.1) is 12.6 Å². The highest BCUT2D eigenvalue weighted by atomic mass is 19.4. The molecular weight excluding hydrogens is 329 g/mol. The number of carbonyl (C=O) groups is 2. The van der Waals surface area contributed by atoms with Gasteiger partial charge in [0.1, 0.15) is 17.8 Å². The van der Waals surface area contributed by atoms with E-state index >= 15 is 0 Å². The molecule has 1 aromatic rings. The smallest absolute Gasteiger partial charge is 0.354 e. The van der Waals surface area contributed by atoms with Crippen molar-refractivity contribution in [1.29, 1.82) is 0 Å². The first-order chi connectivity index (χ1) is 11.3. The van der Waals surface area contributed by atoms with E-state index in [1.54, 1.807) is 4.90 Å². The lowest BCUT2D eigenvalue weighted by Gasteiger charge is -2.40. The summed E-state index contributed by atoms with van der Waals surface area (Å²) in [6, 6.07) is 0.384. The minimum absolute atomic E-state index is 0.150. The molecule has 3 rings (SSSR count). The van der Waals surface area contributed by atoms with Gasteiger partial charge in [0, 0.05) is 32.2 Å². The van der Waals surface area contributed by atoms with Gasteiger partial charge < -0.3 is 10.2 Å². The van der Waals surface area contributed by atoms with Gasteiger partial charge in [-0.3, -0.25) is 15.0 Å². The van der Waals surface area contributed by atoms with E-state index in [2.05, 4.69) is 20.6 Å². The zero-order chi connectivity index (χ0) is 17.3. The Morgan fingerprint density at radius 1 is 1.12 bits per heavy atom. The number of aromatic nitrogens is 2. The molecule has 1 unspecified atom stereocenters. The summed E-state index contributed by atoms with van der Waals surface area (Å²) in [7, 11) is 0. The highest BCUT2D eigenvalue weighted by molar-refractivity contribution is 5.97. The van der Waals surface area contributed by atoms with Crippen LogP contribution in [0.5, 0.6) is 0 Å². The number of urea groups is 1. The van der Waals surface area contributed by atoms with Crippen LogP contribution in [0.2, 0.25) is 0 Å². The summed E-state index contributed by atoms with van der Waals surface area (Å²) in [5.41, 5.74) is -0.980. The van der Waals surface area contributed by atoms with Crippen molar-refractivity contribution in [2.75, 3.05) is 31.1 Å². The van der Waals surface area contributed by atoms with Crippen LogP contribution in [-0.2, 0) is 11.0 Å². The Kier molecular flexibility index (Phi) is 4.26. The van der Waals surface area contributed by atoms with Crippen LogP contribution >= 0.6 is 0 Å². The van der Waals surface area contributed by atoms with Crippen molar-refractivity contribution in [1.82, 2.24) is 25.5 Å². The van der Waals surface area contributed by atoms with Crippen LogP contribution in [0.3, 0.4) is 0 Å². The molecule has 3 heterocycles. The molecule has 8 nitrogen and oxygen atoms in total. The van der Waals surface area contributed by atoms with Crippen molar-refractivity contribution in [2.45, 2.75) is 18.8 Å². The van der Waals surface area contributed by atoms with Gasteiger partial charge in [-0.25, -0.2) is 14.8 Å². The monoisotopic (exact) mass is 344 g/mol. The number of alkyl halides is 3. The Labute approximate surface area is 135 Å². The zero-order valence-corrected chi connectivity index (χ0v) is 12.5. The van der Waals surface area contributed by atoms with Gasteiger partial charge in [0.25, 0.3) is 0 Å². The van der Waals surface area contributed by atoms with Crippen LogP contribution in [-0.4, -0.2) is 59.2 Å². The zero-order valence-electron chi connectivity index (χ0n) is 12.5. The van der Waals surface area contributed by atoms with Gasteiger partial charge in [-0.05, 0) is 0 Å². The molecule has 130 valence electrons. The van der Waals surface area contributed by atoms with Crippen molar-refractivity contribution in [3.63, 3.8) is 0 Å². The minimum Gasteiger partial charge on any atom is -0.354 e. The standard InChI is InChI=1S/C13H15F3N6O2/c14-13(15,16)8-5-9(18-7-17-8)21-1-3-22(4-2-21)10-6-11(23)20-12(24)19-10/h5,7,10H,1-4,6H2,(H2,19,20,23,24). The molecule has 1 aromatic heterocycles. The molecule has 3 amide bonds. The van der Waals surface area contributed by atoms with Crippen molar-refractivity contribution in [2.24, 2.45) is 0 Å². The maximum absolute atomic E-state index is 12.7.